The molecule has 4 aromatic rings. The largest absolute Gasteiger partial charge is 0.370 e. The monoisotopic (exact) mass is 466 g/mol. The number of ether oxygens (including phenoxy) is 1. The van der Waals surface area contributed by atoms with E-state index in [1.807, 2.05) is 40.2 Å². The Morgan fingerprint density at radius 1 is 1.09 bits per heavy atom. The summed E-state index contributed by atoms with van der Waals surface area (Å²) in [5.41, 5.74) is 4.25. The maximum atomic E-state index is 14.9. The summed E-state index contributed by atoms with van der Waals surface area (Å²) in [6.45, 7) is 5.81. The summed E-state index contributed by atoms with van der Waals surface area (Å²) >= 11 is 5.99. The maximum Gasteiger partial charge on any atom is 0.182 e. The Kier molecular flexibility index (Phi) is 5.58. The van der Waals surface area contributed by atoms with Gasteiger partial charge in [0.25, 0.3) is 0 Å². The maximum absolute atomic E-state index is 14.9. The molecule has 170 valence electrons. The van der Waals surface area contributed by atoms with Gasteiger partial charge in [0.1, 0.15) is 22.9 Å². The molecular formula is C24H24ClFN6O. The van der Waals surface area contributed by atoms with E-state index in [1.54, 1.807) is 16.8 Å². The molecule has 1 aromatic carbocycles. The zero-order chi connectivity index (χ0) is 23.3. The highest BCUT2D eigenvalue weighted by atomic mass is 35.5. The summed E-state index contributed by atoms with van der Waals surface area (Å²) < 4.78 is 22.9. The van der Waals surface area contributed by atoms with E-state index in [1.165, 1.54) is 6.07 Å². The van der Waals surface area contributed by atoms with E-state index in [9.17, 15) is 4.39 Å². The van der Waals surface area contributed by atoms with E-state index >= 15 is 0 Å². The SMILES string of the molecule is Cc1nc2nc([C@@H]3C[C@@H](C)O[C@@H](c4cnn(C)c4)C3)nc(-c3ccc(Cl)cc3F)c2nc1C. The molecule has 5 rings (SSSR count). The van der Waals surface area contributed by atoms with Crippen molar-refractivity contribution in [2.45, 2.75) is 51.7 Å². The highest BCUT2D eigenvalue weighted by Gasteiger charge is 2.32. The molecule has 0 unspecified atom stereocenters. The van der Waals surface area contributed by atoms with E-state index in [4.69, 9.17) is 26.3 Å². The second-order valence-corrected chi connectivity index (χ2v) is 9.11. The number of fused-ring (bicyclic) bond motifs is 1. The third-order valence-electron chi connectivity index (χ3n) is 6.12. The van der Waals surface area contributed by atoms with Crippen LogP contribution in [0.5, 0.6) is 0 Å². The van der Waals surface area contributed by atoms with Gasteiger partial charge in [-0.1, -0.05) is 11.6 Å². The van der Waals surface area contributed by atoms with Crippen molar-refractivity contribution in [3.05, 3.63) is 64.2 Å². The van der Waals surface area contributed by atoms with E-state index in [2.05, 4.69) is 15.1 Å². The Morgan fingerprint density at radius 2 is 1.88 bits per heavy atom. The van der Waals surface area contributed by atoms with Crippen molar-refractivity contribution in [1.29, 1.82) is 0 Å². The Hall–Kier alpha value is -2.97. The highest BCUT2D eigenvalue weighted by molar-refractivity contribution is 6.30. The predicted molar refractivity (Wildman–Crippen MR) is 123 cm³/mol. The number of nitrogens with zero attached hydrogens (tertiary/aromatic N) is 6. The average molecular weight is 467 g/mol. The van der Waals surface area contributed by atoms with Gasteiger partial charge >= 0.3 is 0 Å². The molecule has 0 spiro atoms. The van der Waals surface area contributed by atoms with Crippen LogP contribution in [0.15, 0.2) is 30.6 Å². The first-order valence-electron chi connectivity index (χ1n) is 10.9. The lowest BCUT2D eigenvalue weighted by molar-refractivity contribution is -0.0511. The van der Waals surface area contributed by atoms with Crippen molar-refractivity contribution in [3.63, 3.8) is 0 Å². The molecule has 3 aromatic heterocycles. The zero-order valence-electron chi connectivity index (χ0n) is 18.9. The van der Waals surface area contributed by atoms with Crippen molar-refractivity contribution in [1.82, 2.24) is 29.7 Å². The van der Waals surface area contributed by atoms with Crippen molar-refractivity contribution in [2.75, 3.05) is 0 Å². The van der Waals surface area contributed by atoms with Crippen LogP contribution in [0.25, 0.3) is 22.4 Å². The number of hydrogen-bond donors (Lipinski definition) is 0. The molecule has 0 aliphatic carbocycles. The zero-order valence-corrected chi connectivity index (χ0v) is 19.6. The number of aryl methyl sites for hydroxylation is 3. The van der Waals surface area contributed by atoms with Gasteiger partial charge in [-0.05, 0) is 51.8 Å². The minimum atomic E-state index is -0.456. The summed E-state index contributed by atoms with van der Waals surface area (Å²) in [5.74, 6) is 0.177. The fraction of sp³-hybridized carbons (Fsp3) is 0.375. The standard InChI is InChI=1S/C24H24ClFN6O/c1-12-7-15(8-20(33-12)16-10-27-32(4)11-16)23-30-21(18-6-5-17(25)9-19(18)26)22-24(31-23)29-14(3)13(2)28-22/h5-6,9-12,15,20H,7-8H2,1-4H3/t12-,15-,20-/m1/s1. The first kappa shape index (κ1) is 21.9. The van der Waals surface area contributed by atoms with Crippen molar-refractivity contribution in [2.24, 2.45) is 7.05 Å². The number of rotatable bonds is 3. The van der Waals surface area contributed by atoms with Gasteiger partial charge in [-0.2, -0.15) is 5.10 Å². The van der Waals surface area contributed by atoms with E-state index in [0.717, 1.165) is 23.4 Å². The van der Waals surface area contributed by atoms with Crippen LogP contribution in [0, 0.1) is 19.7 Å². The quantitative estimate of drug-likeness (QED) is 0.410. The van der Waals surface area contributed by atoms with Crippen LogP contribution >= 0.6 is 11.6 Å². The number of aromatic nitrogens is 6. The lowest BCUT2D eigenvalue weighted by Gasteiger charge is -2.33. The summed E-state index contributed by atoms with van der Waals surface area (Å²) in [6, 6.07) is 4.57. The first-order valence-corrected chi connectivity index (χ1v) is 11.3. The van der Waals surface area contributed by atoms with Crippen LogP contribution in [0.4, 0.5) is 4.39 Å². The molecule has 0 radical (unpaired) electrons. The highest BCUT2D eigenvalue weighted by Crippen LogP contribution is 2.40. The number of hydrogen-bond acceptors (Lipinski definition) is 6. The van der Waals surface area contributed by atoms with E-state index in [0.29, 0.717) is 39.7 Å². The van der Waals surface area contributed by atoms with Gasteiger partial charge in [-0.15, -0.1) is 0 Å². The second kappa shape index (κ2) is 8.43. The molecule has 1 saturated heterocycles. The van der Waals surface area contributed by atoms with Crippen LogP contribution in [-0.2, 0) is 11.8 Å². The molecule has 0 N–H and O–H groups in total. The molecule has 4 heterocycles. The van der Waals surface area contributed by atoms with Crippen molar-refractivity contribution < 1.29 is 9.13 Å². The van der Waals surface area contributed by atoms with Crippen LogP contribution < -0.4 is 0 Å². The van der Waals surface area contributed by atoms with Crippen molar-refractivity contribution >= 4 is 22.8 Å². The third-order valence-corrected chi connectivity index (χ3v) is 6.35. The van der Waals surface area contributed by atoms with Gasteiger partial charge < -0.3 is 4.74 Å². The smallest absolute Gasteiger partial charge is 0.182 e. The molecular weight excluding hydrogens is 443 g/mol. The molecule has 1 aliphatic rings. The van der Waals surface area contributed by atoms with E-state index < -0.39 is 5.82 Å². The minimum absolute atomic E-state index is 0.00908. The molecule has 7 nitrogen and oxygen atoms in total. The fourth-order valence-electron chi connectivity index (χ4n) is 4.36. The number of benzene rings is 1. The summed E-state index contributed by atoms with van der Waals surface area (Å²) in [6.07, 6.45) is 5.13. The lowest BCUT2D eigenvalue weighted by Crippen LogP contribution is -2.26. The number of halogens is 2. The molecule has 1 aliphatic heterocycles. The molecule has 33 heavy (non-hydrogen) atoms. The topological polar surface area (TPSA) is 78.6 Å². The molecule has 0 saturated carbocycles. The summed E-state index contributed by atoms with van der Waals surface area (Å²) in [5, 5.41) is 4.60. The normalized spacial score (nSPS) is 21.0. The van der Waals surface area contributed by atoms with Crippen LogP contribution in [0.2, 0.25) is 5.02 Å². The van der Waals surface area contributed by atoms with Gasteiger partial charge in [0.15, 0.2) is 5.65 Å². The van der Waals surface area contributed by atoms with E-state index in [-0.39, 0.29) is 18.1 Å². The van der Waals surface area contributed by atoms with Gasteiger partial charge in [0.05, 0.1) is 29.8 Å². The Bertz CT molecular complexity index is 1360. The van der Waals surface area contributed by atoms with Gasteiger partial charge in [0, 0.05) is 35.3 Å². The van der Waals surface area contributed by atoms with Gasteiger partial charge in [-0.25, -0.2) is 24.3 Å². The van der Waals surface area contributed by atoms with Gasteiger partial charge in [-0.3, -0.25) is 4.68 Å². The molecule has 1 fully saturated rings. The summed E-state index contributed by atoms with van der Waals surface area (Å²) in [7, 11) is 1.88. The van der Waals surface area contributed by atoms with Crippen LogP contribution in [0.3, 0.4) is 0 Å². The Labute approximate surface area is 196 Å². The van der Waals surface area contributed by atoms with Gasteiger partial charge in [0.2, 0.25) is 0 Å². The third kappa shape index (κ3) is 4.20. The minimum Gasteiger partial charge on any atom is -0.370 e. The Balaban J connectivity index is 1.64. The predicted octanol–water partition coefficient (Wildman–Crippen LogP) is 5.25. The molecule has 0 bridgehead atoms. The Morgan fingerprint density at radius 3 is 2.61 bits per heavy atom. The molecule has 9 heteroatoms. The second-order valence-electron chi connectivity index (χ2n) is 8.67. The lowest BCUT2D eigenvalue weighted by atomic mass is 9.89. The van der Waals surface area contributed by atoms with Crippen molar-refractivity contribution in [3.8, 4) is 11.3 Å². The molecule has 3 atom stereocenters. The first-order chi connectivity index (χ1) is 15.8. The summed E-state index contributed by atoms with van der Waals surface area (Å²) in [4.78, 5) is 19.0. The molecule has 0 amide bonds. The van der Waals surface area contributed by atoms with Crippen LogP contribution in [0.1, 0.15) is 54.6 Å². The van der Waals surface area contributed by atoms with Crippen LogP contribution in [-0.4, -0.2) is 35.8 Å². The average Bonchev–Trinajstić information content (AvgIpc) is 3.20. The fourth-order valence-corrected chi connectivity index (χ4v) is 4.52.